The molecule has 1 aromatic heterocycles. The predicted octanol–water partition coefficient (Wildman–Crippen LogP) is 3.79. The van der Waals surface area contributed by atoms with Crippen molar-refractivity contribution in [2.45, 2.75) is 32.7 Å². The van der Waals surface area contributed by atoms with Gasteiger partial charge < -0.3 is 14.7 Å². The Labute approximate surface area is 206 Å². The largest absolute Gasteiger partial charge is 0.372 e. The van der Waals surface area contributed by atoms with Crippen LogP contribution < -0.4 is 10.2 Å². The molecule has 0 bridgehead atoms. The third-order valence-electron chi connectivity index (χ3n) is 6.84. The first-order chi connectivity index (χ1) is 17.1. The van der Waals surface area contributed by atoms with Crippen LogP contribution in [0.1, 0.15) is 30.7 Å². The van der Waals surface area contributed by atoms with Crippen molar-refractivity contribution in [2.24, 2.45) is 0 Å². The number of hydrogen-bond donors (Lipinski definition) is 1. The highest BCUT2D eigenvalue weighted by molar-refractivity contribution is 5.92. The fraction of sp³-hybridized carbons (Fsp3) is 0.444. The van der Waals surface area contributed by atoms with Crippen molar-refractivity contribution >= 4 is 17.3 Å². The summed E-state index contributed by atoms with van der Waals surface area (Å²) < 4.78 is 5.47. The fourth-order valence-corrected chi connectivity index (χ4v) is 4.75. The minimum atomic E-state index is 0.0313. The van der Waals surface area contributed by atoms with Gasteiger partial charge in [-0.3, -0.25) is 14.6 Å². The van der Waals surface area contributed by atoms with Gasteiger partial charge >= 0.3 is 0 Å². The molecule has 8 heteroatoms. The topological polar surface area (TPSA) is 77.7 Å². The van der Waals surface area contributed by atoms with Crippen molar-refractivity contribution < 1.29 is 9.32 Å². The van der Waals surface area contributed by atoms with E-state index in [2.05, 4.69) is 49.2 Å². The number of nitrogens with zero attached hydrogens (tertiary/aromatic N) is 5. The molecular weight excluding hydrogens is 440 g/mol. The maximum Gasteiger partial charge on any atom is 0.241 e. The molecule has 0 atom stereocenters. The van der Waals surface area contributed by atoms with Gasteiger partial charge in [0.1, 0.15) is 0 Å². The Balaban J connectivity index is 1.05. The number of anilines is 2. The summed E-state index contributed by atoms with van der Waals surface area (Å²) in [7, 11) is 0. The highest BCUT2D eigenvalue weighted by Crippen LogP contribution is 2.22. The molecule has 0 saturated carbocycles. The summed E-state index contributed by atoms with van der Waals surface area (Å²) >= 11 is 0. The molecular formula is C27H34N6O2. The van der Waals surface area contributed by atoms with Crippen LogP contribution >= 0.6 is 0 Å². The van der Waals surface area contributed by atoms with Gasteiger partial charge in [0, 0.05) is 56.2 Å². The van der Waals surface area contributed by atoms with Crippen LogP contribution in [0.25, 0.3) is 11.4 Å². The second-order valence-corrected chi connectivity index (χ2v) is 9.57. The van der Waals surface area contributed by atoms with E-state index in [-0.39, 0.29) is 5.91 Å². The summed E-state index contributed by atoms with van der Waals surface area (Å²) in [5.41, 5.74) is 4.26. The fourth-order valence-electron chi connectivity index (χ4n) is 4.75. The van der Waals surface area contributed by atoms with Gasteiger partial charge in [-0.2, -0.15) is 4.98 Å². The lowest BCUT2D eigenvalue weighted by Gasteiger charge is -2.33. The van der Waals surface area contributed by atoms with E-state index in [4.69, 9.17) is 4.52 Å². The molecule has 3 aromatic rings. The number of carbonyl (C=O) groups excluding carboxylic acids is 1. The zero-order chi connectivity index (χ0) is 24.0. The molecule has 184 valence electrons. The summed E-state index contributed by atoms with van der Waals surface area (Å²) in [4.78, 5) is 24.1. The molecule has 3 heterocycles. The van der Waals surface area contributed by atoms with Crippen LogP contribution in [-0.4, -0.2) is 71.7 Å². The number of hydrogen-bond acceptors (Lipinski definition) is 7. The first-order valence-corrected chi connectivity index (χ1v) is 12.6. The minimum Gasteiger partial charge on any atom is -0.372 e. The Morgan fingerprint density at radius 3 is 2.29 bits per heavy atom. The standard InChI is InChI=1S/C27H34N6O2/c1-21-5-7-22(8-6-21)27-29-26(35-30-27)20-32-17-15-31(16-18-32)19-25(34)28-23-9-11-24(12-10-23)33-13-3-2-4-14-33/h5-12H,2-4,13-20H2,1H3,(H,28,34). The Kier molecular flexibility index (Phi) is 7.39. The summed E-state index contributed by atoms with van der Waals surface area (Å²) in [5.74, 6) is 1.28. The quantitative estimate of drug-likeness (QED) is 0.558. The molecule has 0 unspecified atom stereocenters. The second kappa shape index (κ2) is 11.0. The van der Waals surface area contributed by atoms with E-state index in [1.807, 2.05) is 36.4 Å². The molecule has 5 rings (SSSR count). The second-order valence-electron chi connectivity index (χ2n) is 9.57. The van der Waals surface area contributed by atoms with Crippen molar-refractivity contribution in [1.29, 1.82) is 0 Å². The van der Waals surface area contributed by atoms with E-state index in [1.165, 1.54) is 30.5 Å². The van der Waals surface area contributed by atoms with Gasteiger partial charge in [0.15, 0.2) is 0 Å². The molecule has 2 aliphatic rings. The summed E-state index contributed by atoms with van der Waals surface area (Å²) in [6.07, 6.45) is 3.84. The zero-order valence-corrected chi connectivity index (χ0v) is 20.4. The van der Waals surface area contributed by atoms with Crippen molar-refractivity contribution in [3.05, 3.63) is 60.0 Å². The molecule has 2 aromatic carbocycles. The highest BCUT2D eigenvalue weighted by atomic mass is 16.5. The van der Waals surface area contributed by atoms with Gasteiger partial charge in [-0.1, -0.05) is 35.0 Å². The van der Waals surface area contributed by atoms with Crippen LogP contribution in [0.3, 0.4) is 0 Å². The summed E-state index contributed by atoms with van der Waals surface area (Å²) in [6, 6.07) is 16.4. The van der Waals surface area contributed by atoms with Crippen LogP contribution in [0.4, 0.5) is 11.4 Å². The van der Waals surface area contributed by atoms with E-state index in [9.17, 15) is 4.79 Å². The first kappa shape index (κ1) is 23.5. The van der Waals surface area contributed by atoms with Crippen LogP contribution in [0, 0.1) is 6.92 Å². The monoisotopic (exact) mass is 474 g/mol. The van der Waals surface area contributed by atoms with Crippen LogP contribution in [0.15, 0.2) is 53.1 Å². The van der Waals surface area contributed by atoms with E-state index in [0.29, 0.717) is 24.8 Å². The Morgan fingerprint density at radius 1 is 0.886 bits per heavy atom. The number of amides is 1. The van der Waals surface area contributed by atoms with Crippen molar-refractivity contribution in [3.8, 4) is 11.4 Å². The number of piperazine rings is 1. The third kappa shape index (κ3) is 6.26. The van der Waals surface area contributed by atoms with E-state index >= 15 is 0 Å². The predicted molar refractivity (Wildman–Crippen MR) is 137 cm³/mol. The highest BCUT2D eigenvalue weighted by Gasteiger charge is 2.21. The van der Waals surface area contributed by atoms with Crippen molar-refractivity contribution in [1.82, 2.24) is 19.9 Å². The number of benzene rings is 2. The molecule has 2 saturated heterocycles. The molecule has 1 amide bonds. The third-order valence-corrected chi connectivity index (χ3v) is 6.84. The van der Waals surface area contributed by atoms with E-state index < -0.39 is 0 Å². The van der Waals surface area contributed by atoms with Gasteiger partial charge in [0.25, 0.3) is 0 Å². The molecule has 2 aliphatic heterocycles. The number of nitrogens with one attached hydrogen (secondary N) is 1. The van der Waals surface area contributed by atoms with Gasteiger partial charge in [0.05, 0.1) is 13.1 Å². The van der Waals surface area contributed by atoms with Gasteiger partial charge in [-0.15, -0.1) is 0 Å². The van der Waals surface area contributed by atoms with E-state index in [1.54, 1.807) is 0 Å². The maximum absolute atomic E-state index is 12.6. The Hall–Kier alpha value is -3.23. The maximum atomic E-state index is 12.6. The minimum absolute atomic E-state index is 0.0313. The molecule has 0 spiro atoms. The average Bonchev–Trinajstić information content (AvgIpc) is 3.35. The average molecular weight is 475 g/mol. The lowest BCUT2D eigenvalue weighted by molar-refractivity contribution is -0.117. The van der Waals surface area contributed by atoms with Crippen LogP contribution in [0.5, 0.6) is 0 Å². The van der Waals surface area contributed by atoms with Crippen molar-refractivity contribution in [2.75, 3.05) is 56.0 Å². The summed E-state index contributed by atoms with van der Waals surface area (Å²) in [6.45, 7) is 8.72. The molecule has 0 aliphatic carbocycles. The lowest BCUT2D eigenvalue weighted by Crippen LogP contribution is -2.48. The van der Waals surface area contributed by atoms with E-state index in [0.717, 1.165) is 50.5 Å². The smallest absolute Gasteiger partial charge is 0.241 e. The Morgan fingerprint density at radius 2 is 1.57 bits per heavy atom. The number of aromatic nitrogens is 2. The first-order valence-electron chi connectivity index (χ1n) is 12.6. The SMILES string of the molecule is Cc1ccc(-c2noc(CN3CCN(CC(=O)Nc4ccc(N5CCCCC5)cc4)CC3)n2)cc1. The van der Waals surface area contributed by atoms with Gasteiger partial charge in [0.2, 0.25) is 17.6 Å². The molecule has 2 fully saturated rings. The Bertz CT molecular complexity index is 1100. The molecule has 35 heavy (non-hydrogen) atoms. The lowest BCUT2D eigenvalue weighted by atomic mass is 10.1. The molecule has 1 N–H and O–H groups in total. The normalized spacial score (nSPS) is 17.5. The number of carbonyl (C=O) groups is 1. The number of piperidine rings is 1. The molecule has 8 nitrogen and oxygen atoms in total. The number of rotatable bonds is 7. The van der Waals surface area contributed by atoms with Crippen molar-refractivity contribution in [3.63, 3.8) is 0 Å². The molecule has 0 radical (unpaired) electrons. The summed E-state index contributed by atoms with van der Waals surface area (Å²) in [5, 5.41) is 7.18. The van der Waals surface area contributed by atoms with Crippen LogP contribution in [-0.2, 0) is 11.3 Å². The number of aryl methyl sites for hydroxylation is 1. The van der Waals surface area contributed by atoms with Gasteiger partial charge in [-0.25, -0.2) is 0 Å². The van der Waals surface area contributed by atoms with Crippen LogP contribution in [0.2, 0.25) is 0 Å². The van der Waals surface area contributed by atoms with Gasteiger partial charge in [-0.05, 0) is 50.5 Å². The zero-order valence-electron chi connectivity index (χ0n) is 20.4.